The van der Waals surface area contributed by atoms with Crippen molar-refractivity contribution in [1.29, 1.82) is 0 Å². The Morgan fingerprint density at radius 1 is 1.43 bits per heavy atom. The number of rotatable bonds is 5. The molecule has 1 amide bonds. The largest absolute Gasteiger partial charge is 0.477 e. The first-order valence-electron chi connectivity index (χ1n) is 7.25. The maximum atomic E-state index is 12.1. The minimum Gasteiger partial charge on any atom is -0.477 e. The summed E-state index contributed by atoms with van der Waals surface area (Å²) < 4.78 is 0.993. The van der Waals surface area contributed by atoms with Crippen molar-refractivity contribution in [2.24, 2.45) is 5.92 Å². The van der Waals surface area contributed by atoms with Crippen LogP contribution in [0.3, 0.4) is 0 Å². The molecule has 122 valence electrons. The average molecular weight is 398 g/mol. The van der Waals surface area contributed by atoms with Crippen LogP contribution < -0.4 is 0 Å². The zero-order chi connectivity index (χ0) is 16.7. The standard InChI is InChI=1S/C16H16BrNO4S/c1-8(19)13-11-6-12(14(16(21)22)18(11)15(13)20)23-7-9-2-4-10(17)5-3-9/h2-5,8,11,13,19H,6-7H2,1H3,(H,21,22)/t8-,11+,13+/m0/s1. The number of hydrogen-bond donors (Lipinski definition) is 2. The van der Waals surface area contributed by atoms with Gasteiger partial charge in [0.25, 0.3) is 0 Å². The number of carbonyl (C=O) groups is 2. The fourth-order valence-corrected chi connectivity index (χ4v) is 4.52. The van der Waals surface area contributed by atoms with Crippen LogP contribution >= 0.6 is 27.7 Å². The van der Waals surface area contributed by atoms with E-state index in [1.807, 2.05) is 24.3 Å². The predicted molar refractivity (Wildman–Crippen MR) is 90.5 cm³/mol. The fraction of sp³-hybridized carbons (Fsp3) is 0.375. The lowest BCUT2D eigenvalue weighted by Crippen LogP contribution is -2.61. The molecule has 0 aliphatic carbocycles. The number of β-lactam (4-membered cyclic amide) rings is 1. The number of carboxylic acids is 1. The van der Waals surface area contributed by atoms with Gasteiger partial charge in [-0.15, -0.1) is 11.8 Å². The Balaban J connectivity index is 1.77. The Morgan fingerprint density at radius 2 is 2.09 bits per heavy atom. The highest BCUT2D eigenvalue weighted by molar-refractivity contribution is 9.10. The Bertz CT molecular complexity index is 686. The molecule has 2 N–H and O–H groups in total. The first-order valence-corrected chi connectivity index (χ1v) is 9.03. The smallest absolute Gasteiger partial charge is 0.353 e. The minimum absolute atomic E-state index is 0.0824. The number of aliphatic carboxylic acids is 1. The normalized spacial score (nSPS) is 24.5. The summed E-state index contributed by atoms with van der Waals surface area (Å²) in [4.78, 5) is 25.7. The lowest BCUT2D eigenvalue weighted by atomic mass is 9.83. The highest BCUT2D eigenvalue weighted by Crippen LogP contribution is 2.47. The van der Waals surface area contributed by atoms with Crippen molar-refractivity contribution in [1.82, 2.24) is 4.90 Å². The van der Waals surface area contributed by atoms with Gasteiger partial charge < -0.3 is 15.1 Å². The van der Waals surface area contributed by atoms with Crippen LogP contribution in [0.15, 0.2) is 39.3 Å². The molecular weight excluding hydrogens is 382 g/mol. The number of aliphatic hydroxyl groups excluding tert-OH is 1. The molecule has 7 heteroatoms. The van der Waals surface area contributed by atoms with Crippen LogP contribution in [-0.2, 0) is 15.3 Å². The van der Waals surface area contributed by atoms with E-state index in [2.05, 4.69) is 15.9 Å². The van der Waals surface area contributed by atoms with Gasteiger partial charge >= 0.3 is 5.97 Å². The van der Waals surface area contributed by atoms with Crippen LogP contribution in [0.5, 0.6) is 0 Å². The Labute approximate surface area is 146 Å². The van der Waals surface area contributed by atoms with Crippen LogP contribution in [0, 0.1) is 5.92 Å². The summed E-state index contributed by atoms with van der Waals surface area (Å²) in [6.45, 7) is 1.58. The van der Waals surface area contributed by atoms with Crippen molar-refractivity contribution in [3.05, 3.63) is 44.9 Å². The maximum absolute atomic E-state index is 12.1. The molecule has 0 unspecified atom stereocenters. The van der Waals surface area contributed by atoms with E-state index in [4.69, 9.17) is 0 Å². The molecule has 3 rings (SSSR count). The van der Waals surface area contributed by atoms with Crippen molar-refractivity contribution in [2.75, 3.05) is 0 Å². The highest BCUT2D eigenvalue weighted by Gasteiger charge is 2.56. The maximum Gasteiger partial charge on any atom is 0.353 e. The lowest BCUT2D eigenvalue weighted by molar-refractivity contribution is -0.161. The molecule has 0 radical (unpaired) electrons. The van der Waals surface area contributed by atoms with Crippen molar-refractivity contribution in [2.45, 2.75) is 31.2 Å². The Hall–Kier alpha value is -1.31. The van der Waals surface area contributed by atoms with Crippen LogP contribution in [0.4, 0.5) is 0 Å². The number of aliphatic hydroxyl groups is 1. The third-order valence-corrected chi connectivity index (χ3v) is 5.93. The number of benzene rings is 1. The molecule has 3 atom stereocenters. The highest BCUT2D eigenvalue weighted by atomic mass is 79.9. The number of nitrogens with zero attached hydrogens (tertiary/aromatic N) is 1. The zero-order valence-corrected chi connectivity index (χ0v) is 14.8. The van der Waals surface area contributed by atoms with E-state index in [1.54, 1.807) is 6.92 Å². The van der Waals surface area contributed by atoms with Gasteiger partial charge in [-0.2, -0.15) is 0 Å². The summed E-state index contributed by atoms with van der Waals surface area (Å²) in [6.07, 6.45) is -0.251. The van der Waals surface area contributed by atoms with Gasteiger partial charge in [-0.3, -0.25) is 4.79 Å². The Kier molecular flexibility index (Phi) is 4.53. The van der Waals surface area contributed by atoms with Gasteiger partial charge in [0.15, 0.2) is 0 Å². The molecule has 0 bridgehead atoms. The van der Waals surface area contributed by atoms with E-state index in [-0.39, 0.29) is 17.6 Å². The summed E-state index contributed by atoms with van der Waals surface area (Å²) in [7, 11) is 0. The van der Waals surface area contributed by atoms with Gasteiger partial charge in [0.2, 0.25) is 5.91 Å². The van der Waals surface area contributed by atoms with Crippen molar-refractivity contribution >= 4 is 39.6 Å². The van der Waals surface area contributed by atoms with Gasteiger partial charge in [-0.1, -0.05) is 28.1 Å². The monoisotopic (exact) mass is 397 g/mol. The number of fused-ring (bicyclic) bond motifs is 1. The van der Waals surface area contributed by atoms with Crippen LogP contribution in [-0.4, -0.2) is 39.1 Å². The summed E-state index contributed by atoms with van der Waals surface area (Å²) >= 11 is 4.83. The molecule has 0 spiro atoms. The Morgan fingerprint density at radius 3 is 2.65 bits per heavy atom. The number of hydrogen-bond acceptors (Lipinski definition) is 4. The van der Waals surface area contributed by atoms with Gasteiger partial charge in [0.05, 0.1) is 18.1 Å². The number of carboxylic acid groups (broad SMARTS) is 1. The van der Waals surface area contributed by atoms with E-state index >= 15 is 0 Å². The molecule has 23 heavy (non-hydrogen) atoms. The third-order valence-electron chi connectivity index (χ3n) is 4.22. The van der Waals surface area contributed by atoms with Crippen LogP contribution in [0.2, 0.25) is 0 Å². The van der Waals surface area contributed by atoms with E-state index in [0.717, 1.165) is 10.0 Å². The number of thioether (sulfide) groups is 1. The van der Waals surface area contributed by atoms with Crippen molar-refractivity contribution in [3.8, 4) is 0 Å². The van der Waals surface area contributed by atoms with E-state index in [9.17, 15) is 19.8 Å². The third kappa shape index (κ3) is 2.93. The second-order valence-corrected chi connectivity index (χ2v) is 7.72. The molecule has 1 saturated heterocycles. The minimum atomic E-state index is -1.08. The molecule has 1 aromatic carbocycles. The average Bonchev–Trinajstić information content (AvgIpc) is 2.81. The van der Waals surface area contributed by atoms with E-state index < -0.39 is 18.0 Å². The summed E-state index contributed by atoms with van der Waals surface area (Å²) in [6, 6.07) is 7.62. The SMILES string of the molecule is C[C@H](O)[C@H]1C(=O)N2C(C(=O)O)=C(SCc3ccc(Br)cc3)C[C@H]12. The molecule has 2 aliphatic heterocycles. The molecule has 1 fully saturated rings. The van der Waals surface area contributed by atoms with Crippen LogP contribution in [0.25, 0.3) is 0 Å². The van der Waals surface area contributed by atoms with Gasteiger partial charge in [0, 0.05) is 21.6 Å². The first-order chi connectivity index (χ1) is 10.9. The lowest BCUT2D eigenvalue weighted by Gasteiger charge is -2.44. The molecular formula is C16H16BrNO4S. The van der Waals surface area contributed by atoms with Gasteiger partial charge in [0.1, 0.15) is 5.70 Å². The van der Waals surface area contributed by atoms with Gasteiger partial charge in [-0.05, 0) is 24.6 Å². The molecule has 0 saturated carbocycles. The first kappa shape index (κ1) is 16.5. The molecule has 0 aromatic heterocycles. The topological polar surface area (TPSA) is 77.8 Å². The molecule has 2 heterocycles. The second kappa shape index (κ2) is 6.30. The van der Waals surface area contributed by atoms with E-state index in [0.29, 0.717) is 17.1 Å². The number of amides is 1. The summed E-state index contributed by atoms with van der Waals surface area (Å²) in [5, 5.41) is 19.2. The fourth-order valence-electron chi connectivity index (χ4n) is 3.11. The van der Waals surface area contributed by atoms with Crippen molar-refractivity contribution < 1.29 is 19.8 Å². The molecule has 2 aliphatic rings. The summed E-state index contributed by atoms with van der Waals surface area (Å²) in [5.41, 5.74) is 1.17. The second-order valence-electron chi connectivity index (χ2n) is 5.74. The van der Waals surface area contributed by atoms with Gasteiger partial charge in [-0.25, -0.2) is 4.79 Å². The van der Waals surface area contributed by atoms with Crippen molar-refractivity contribution in [3.63, 3.8) is 0 Å². The predicted octanol–water partition coefficient (Wildman–Crippen LogP) is 2.59. The van der Waals surface area contributed by atoms with Crippen LogP contribution in [0.1, 0.15) is 18.9 Å². The zero-order valence-electron chi connectivity index (χ0n) is 12.4. The number of halogens is 1. The molecule has 1 aromatic rings. The molecule has 5 nitrogen and oxygen atoms in total. The summed E-state index contributed by atoms with van der Waals surface area (Å²) in [5.74, 6) is -1.21. The quantitative estimate of drug-likeness (QED) is 0.746. The van der Waals surface area contributed by atoms with E-state index in [1.165, 1.54) is 16.7 Å². The number of carbonyl (C=O) groups excluding carboxylic acids is 1.